The van der Waals surface area contributed by atoms with Crippen LogP contribution in [0, 0.1) is 23.7 Å². The van der Waals surface area contributed by atoms with Gasteiger partial charge < -0.3 is 0 Å². The van der Waals surface area contributed by atoms with E-state index in [2.05, 4.69) is 0 Å². The Balaban J connectivity index is 1.78. The van der Waals surface area contributed by atoms with Crippen molar-refractivity contribution in [1.82, 2.24) is 0 Å². The minimum atomic E-state index is -3.17. The van der Waals surface area contributed by atoms with Crippen LogP contribution >= 0.6 is 11.6 Å². The van der Waals surface area contributed by atoms with Gasteiger partial charge in [0.25, 0.3) is 0 Å². The number of rotatable bonds is 2. The van der Waals surface area contributed by atoms with E-state index in [-0.39, 0.29) is 16.5 Å². The van der Waals surface area contributed by atoms with E-state index < -0.39 is 9.84 Å². The molecule has 0 amide bonds. The summed E-state index contributed by atoms with van der Waals surface area (Å²) in [5.74, 6) is 1.64. The fraction of sp³-hybridized carbons (Fsp3) is 0.538. The molecule has 0 aromatic heterocycles. The monoisotopic (exact) mass is 268 g/mol. The topological polar surface area (TPSA) is 34.1 Å². The summed E-state index contributed by atoms with van der Waals surface area (Å²) in [6.45, 7) is 0. The standard InChI is InChI=1S/C13H13ClO2S/c14-12-9-6-8-10(12)11(8)13(9)17(15,16)7-4-2-1-3-5-7/h1-5,8-13H,6H2/t8-,9-,10+,11-,12+,13+/m0/s1. The van der Waals surface area contributed by atoms with Gasteiger partial charge in [-0.25, -0.2) is 8.42 Å². The number of halogens is 1. The number of hydrogen-bond donors (Lipinski definition) is 0. The van der Waals surface area contributed by atoms with Gasteiger partial charge in [0.15, 0.2) is 9.84 Å². The molecule has 0 radical (unpaired) electrons. The molecule has 4 heteroatoms. The minimum absolute atomic E-state index is 0.105. The molecule has 0 aliphatic heterocycles. The molecule has 2 nitrogen and oxygen atoms in total. The lowest BCUT2D eigenvalue weighted by Gasteiger charge is -2.17. The van der Waals surface area contributed by atoms with Gasteiger partial charge in [-0.3, -0.25) is 0 Å². The fourth-order valence-electron chi connectivity index (χ4n) is 4.19. The van der Waals surface area contributed by atoms with Gasteiger partial charge in [-0.2, -0.15) is 0 Å². The zero-order chi connectivity index (χ0) is 11.8. The summed E-state index contributed by atoms with van der Waals surface area (Å²) >= 11 is 6.32. The first kappa shape index (κ1) is 10.4. The summed E-state index contributed by atoms with van der Waals surface area (Å²) in [7, 11) is -3.17. The first-order chi connectivity index (χ1) is 8.12. The van der Waals surface area contributed by atoms with Gasteiger partial charge in [-0.05, 0) is 42.2 Å². The minimum Gasteiger partial charge on any atom is -0.223 e. The Labute approximate surface area is 106 Å². The van der Waals surface area contributed by atoms with Gasteiger partial charge in [0.05, 0.1) is 10.1 Å². The maximum atomic E-state index is 12.6. The van der Waals surface area contributed by atoms with Crippen LogP contribution in [0.25, 0.3) is 0 Å². The van der Waals surface area contributed by atoms with Crippen molar-refractivity contribution < 1.29 is 8.42 Å². The van der Waals surface area contributed by atoms with Crippen LogP contribution in [0.15, 0.2) is 35.2 Å². The molecular weight excluding hydrogens is 256 g/mol. The van der Waals surface area contributed by atoms with E-state index in [1.807, 2.05) is 6.07 Å². The van der Waals surface area contributed by atoms with Crippen LogP contribution in [0.1, 0.15) is 6.42 Å². The zero-order valence-electron chi connectivity index (χ0n) is 9.16. The van der Waals surface area contributed by atoms with Gasteiger partial charge in [-0.1, -0.05) is 18.2 Å². The molecule has 4 aliphatic carbocycles. The highest BCUT2D eigenvalue weighted by atomic mass is 35.5. The van der Waals surface area contributed by atoms with Crippen molar-refractivity contribution in [1.29, 1.82) is 0 Å². The normalized spacial score (nSPS) is 46.2. The Morgan fingerprint density at radius 1 is 1.06 bits per heavy atom. The maximum Gasteiger partial charge on any atom is 0.181 e. The van der Waals surface area contributed by atoms with Crippen molar-refractivity contribution in [3.8, 4) is 0 Å². The third-order valence-corrected chi connectivity index (χ3v) is 7.77. The van der Waals surface area contributed by atoms with Crippen molar-refractivity contribution in [3.63, 3.8) is 0 Å². The van der Waals surface area contributed by atoms with Crippen LogP contribution in [0.2, 0.25) is 0 Å². The first-order valence-electron chi connectivity index (χ1n) is 6.05. The van der Waals surface area contributed by atoms with Crippen LogP contribution in [-0.2, 0) is 9.84 Å². The highest BCUT2D eigenvalue weighted by Gasteiger charge is 2.76. The highest BCUT2D eigenvalue weighted by molar-refractivity contribution is 7.92. The van der Waals surface area contributed by atoms with Gasteiger partial charge >= 0.3 is 0 Å². The lowest BCUT2D eigenvalue weighted by molar-refractivity contribution is 0.544. The highest BCUT2D eigenvalue weighted by Crippen LogP contribution is 2.73. The van der Waals surface area contributed by atoms with E-state index in [0.717, 1.165) is 6.42 Å². The van der Waals surface area contributed by atoms with E-state index in [0.29, 0.717) is 22.6 Å². The summed E-state index contributed by atoms with van der Waals surface area (Å²) in [5.41, 5.74) is 0. The Morgan fingerprint density at radius 2 is 1.76 bits per heavy atom. The van der Waals surface area contributed by atoms with Crippen molar-refractivity contribution in [2.45, 2.75) is 21.9 Å². The average Bonchev–Trinajstić information content (AvgIpc) is 2.64. The van der Waals surface area contributed by atoms with Crippen LogP contribution in [-0.4, -0.2) is 19.0 Å². The van der Waals surface area contributed by atoms with Crippen molar-refractivity contribution in [3.05, 3.63) is 30.3 Å². The van der Waals surface area contributed by atoms with Crippen LogP contribution in [0.3, 0.4) is 0 Å². The largest absolute Gasteiger partial charge is 0.223 e. The van der Waals surface area contributed by atoms with E-state index >= 15 is 0 Å². The van der Waals surface area contributed by atoms with Crippen LogP contribution in [0.4, 0.5) is 0 Å². The molecule has 4 saturated carbocycles. The molecule has 5 rings (SSSR count). The Bertz CT molecular complexity index is 568. The molecule has 0 heterocycles. The second-order valence-corrected chi connectivity index (χ2v) is 8.09. The van der Waals surface area contributed by atoms with E-state index in [4.69, 9.17) is 11.6 Å². The number of hydrogen-bond acceptors (Lipinski definition) is 2. The van der Waals surface area contributed by atoms with E-state index in [1.54, 1.807) is 24.3 Å². The van der Waals surface area contributed by atoms with Crippen molar-refractivity contribution in [2.75, 3.05) is 0 Å². The van der Waals surface area contributed by atoms with E-state index in [9.17, 15) is 8.42 Å². The summed E-state index contributed by atoms with van der Waals surface area (Å²) in [4.78, 5) is 0.465. The molecule has 17 heavy (non-hydrogen) atoms. The number of alkyl halides is 1. The molecule has 4 aliphatic rings. The van der Waals surface area contributed by atoms with Gasteiger partial charge in [0.2, 0.25) is 0 Å². The molecule has 1 aromatic rings. The first-order valence-corrected chi connectivity index (χ1v) is 8.03. The van der Waals surface area contributed by atoms with Gasteiger partial charge in [0.1, 0.15) is 0 Å². The van der Waals surface area contributed by atoms with Crippen LogP contribution in [0.5, 0.6) is 0 Å². The second-order valence-electron chi connectivity index (χ2n) is 5.49. The maximum absolute atomic E-state index is 12.6. The van der Waals surface area contributed by atoms with Crippen molar-refractivity contribution >= 4 is 21.4 Å². The summed E-state index contributed by atoms with van der Waals surface area (Å²) < 4.78 is 25.2. The molecule has 6 atom stereocenters. The number of benzene rings is 1. The predicted molar refractivity (Wildman–Crippen MR) is 65.6 cm³/mol. The molecule has 4 fully saturated rings. The summed E-state index contributed by atoms with van der Waals surface area (Å²) in [6, 6.07) is 8.82. The fourth-order valence-corrected chi connectivity index (χ4v) is 7.28. The molecule has 4 bridgehead atoms. The lowest BCUT2D eigenvalue weighted by Crippen LogP contribution is -2.27. The third kappa shape index (κ3) is 1.14. The molecule has 0 spiro atoms. The zero-order valence-corrected chi connectivity index (χ0v) is 10.7. The van der Waals surface area contributed by atoms with Gasteiger partial charge in [0, 0.05) is 5.38 Å². The quantitative estimate of drug-likeness (QED) is 0.772. The number of sulfone groups is 1. The Morgan fingerprint density at radius 3 is 2.24 bits per heavy atom. The van der Waals surface area contributed by atoms with E-state index in [1.165, 1.54) is 0 Å². The predicted octanol–water partition coefficient (Wildman–Crippen LogP) is 2.33. The summed E-state index contributed by atoms with van der Waals surface area (Å²) in [5, 5.41) is -0.101. The van der Waals surface area contributed by atoms with Gasteiger partial charge in [-0.15, -0.1) is 11.6 Å². The average molecular weight is 269 g/mol. The molecule has 0 saturated heterocycles. The molecule has 1 aromatic carbocycles. The smallest absolute Gasteiger partial charge is 0.181 e. The molecule has 0 unspecified atom stereocenters. The Hall–Kier alpha value is -0.540. The summed E-state index contributed by atoms with van der Waals surface area (Å²) in [6.07, 6.45) is 1.03. The SMILES string of the molecule is O=S(=O)(c1ccccc1)[C@@H]1[C@H]2C[C@H]3[C@@H]([C@@H]2Cl)[C@H]31. The van der Waals surface area contributed by atoms with Crippen molar-refractivity contribution in [2.24, 2.45) is 23.7 Å². The van der Waals surface area contributed by atoms with Crippen LogP contribution < -0.4 is 0 Å². The molecule has 90 valence electrons. The molecular formula is C13H13ClO2S. The Kier molecular flexibility index (Phi) is 1.87. The lowest BCUT2D eigenvalue weighted by atomic mass is 10.1. The third-order valence-electron chi connectivity index (χ3n) is 4.84. The second kappa shape index (κ2) is 3.07. The molecule has 0 N–H and O–H groups in total.